The molecule has 0 atom stereocenters. The largest absolute Gasteiger partial charge is 0.385 e. The molecule has 0 bridgehead atoms. The fourth-order valence-electron chi connectivity index (χ4n) is 1.66. The first-order valence-corrected chi connectivity index (χ1v) is 6.76. The molecule has 5 nitrogen and oxygen atoms in total. The molecule has 0 rings (SSSR count). The van der Waals surface area contributed by atoms with Gasteiger partial charge in [0.1, 0.15) is 5.60 Å². The molecule has 0 radical (unpaired) electrons. The third kappa shape index (κ3) is 8.31. The van der Waals surface area contributed by atoms with Gasteiger partial charge in [-0.25, -0.2) is 0 Å². The molecule has 5 heteroatoms. The Morgan fingerprint density at radius 3 is 2.16 bits per heavy atom. The molecule has 0 aromatic carbocycles. The first kappa shape index (κ1) is 18.5. The van der Waals surface area contributed by atoms with Crippen LogP contribution in [-0.4, -0.2) is 70.5 Å². The van der Waals surface area contributed by atoms with Crippen LogP contribution in [0, 0.1) is 0 Å². The second-order valence-electron chi connectivity index (χ2n) is 5.07. The zero-order valence-corrected chi connectivity index (χ0v) is 13.0. The van der Waals surface area contributed by atoms with Crippen molar-refractivity contribution in [3.05, 3.63) is 0 Å². The van der Waals surface area contributed by atoms with Crippen molar-refractivity contribution in [2.75, 3.05) is 54.2 Å². The van der Waals surface area contributed by atoms with E-state index in [-0.39, 0.29) is 5.78 Å². The molecule has 114 valence electrons. The minimum Gasteiger partial charge on any atom is -0.385 e. The molecule has 0 aliphatic heterocycles. The second kappa shape index (κ2) is 10.3. The Kier molecular flexibility index (Phi) is 10.0. The summed E-state index contributed by atoms with van der Waals surface area (Å²) in [5, 5.41) is 0. The number of Topliss-reactive ketones (excluding diaryl/α,β-unsaturated/α-hetero) is 1. The Balaban J connectivity index is 4.12. The average Bonchev–Trinajstić information content (AvgIpc) is 2.40. The Morgan fingerprint density at radius 1 is 1.00 bits per heavy atom. The van der Waals surface area contributed by atoms with Crippen molar-refractivity contribution in [3.8, 4) is 0 Å². The van der Waals surface area contributed by atoms with E-state index in [1.54, 1.807) is 35.2 Å². The smallest absolute Gasteiger partial charge is 0.165 e. The number of hydrogen-bond donors (Lipinski definition) is 0. The number of rotatable bonds is 12. The monoisotopic (exact) mass is 275 g/mol. The molecule has 0 aliphatic carbocycles. The van der Waals surface area contributed by atoms with E-state index < -0.39 is 5.60 Å². The highest BCUT2D eigenvalue weighted by atomic mass is 16.5. The van der Waals surface area contributed by atoms with E-state index in [1.165, 1.54) is 0 Å². The van der Waals surface area contributed by atoms with Crippen molar-refractivity contribution in [2.24, 2.45) is 0 Å². The van der Waals surface area contributed by atoms with E-state index in [0.717, 1.165) is 32.7 Å². The summed E-state index contributed by atoms with van der Waals surface area (Å²) in [6.07, 6.45) is 1.46. The van der Waals surface area contributed by atoms with Gasteiger partial charge in [-0.1, -0.05) is 0 Å². The summed E-state index contributed by atoms with van der Waals surface area (Å²) in [6, 6.07) is 0. The Hall–Kier alpha value is -0.490. The molecule has 0 N–H and O–H groups in total. The van der Waals surface area contributed by atoms with Gasteiger partial charge >= 0.3 is 0 Å². The van der Waals surface area contributed by atoms with Gasteiger partial charge in [-0.05, 0) is 20.3 Å². The van der Waals surface area contributed by atoms with Gasteiger partial charge in [-0.15, -0.1) is 0 Å². The lowest BCUT2D eigenvalue weighted by Gasteiger charge is -2.25. The number of nitrogens with zero attached hydrogens (tertiary/aromatic N) is 1. The van der Waals surface area contributed by atoms with E-state index in [0.29, 0.717) is 13.0 Å². The molecule has 0 aromatic heterocycles. The number of ether oxygens (including phenoxy) is 3. The Morgan fingerprint density at radius 2 is 1.63 bits per heavy atom. The fraction of sp³-hybridized carbons (Fsp3) is 0.929. The summed E-state index contributed by atoms with van der Waals surface area (Å²) in [6.45, 7) is 7.51. The second-order valence-corrected chi connectivity index (χ2v) is 5.07. The molecule has 19 heavy (non-hydrogen) atoms. The summed E-state index contributed by atoms with van der Waals surface area (Å²) in [5.41, 5.74) is -0.695. The molecule has 0 amide bonds. The predicted molar refractivity (Wildman–Crippen MR) is 75.5 cm³/mol. The van der Waals surface area contributed by atoms with Gasteiger partial charge in [0, 0.05) is 54.0 Å². The average molecular weight is 275 g/mol. The molecule has 0 spiro atoms. The topological polar surface area (TPSA) is 48.0 Å². The van der Waals surface area contributed by atoms with E-state index in [1.807, 2.05) is 0 Å². The van der Waals surface area contributed by atoms with Crippen LogP contribution in [-0.2, 0) is 19.0 Å². The molecule has 0 unspecified atom stereocenters. The number of carbonyl (C=O) groups is 1. The first-order valence-electron chi connectivity index (χ1n) is 6.76. The lowest BCUT2D eigenvalue weighted by Crippen LogP contribution is -2.38. The minimum atomic E-state index is -0.695. The maximum absolute atomic E-state index is 12.0. The van der Waals surface area contributed by atoms with E-state index in [9.17, 15) is 4.79 Å². The van der Waals surface area contributed by atoms with Gasteiger partial charge in [0.2, 0.25) is 0 Å². The van der Waals surface area contributed by atoms with E-state index in [4.69, 9.17) is 14.2 Å². The lowest BCUT2D eigenvalue weighted by atomic mass is 10.0. The quantitative estimate of drug-likeness (QED) is 0.503. The van der Waals surface area contributed by atoms with Crippen LogP contribution in [0.1, 0.15) is 26.7 Å². The summed E-state index contributed by atoms with van der Waals surface area (Å²) < 4.78 is 15.3. The standard InChI is InChI=1S/C14H29NO4/c1-14(2,19-5)13(16)7-9-15(10-12-18-4)8-6-11-17-3/h6-12H2,1-5H3. The molecule has 0 aliphatic rings. The molecular weight excluding hydrogens is 246 g/mol. The summed E-state index contributed by atoms with van der Waals surface area (Å²) >= 11 is 0. The van der Waals surface area contributed by atoms with Gasteiger partial charge in [-0.2, -0.15) is 0 Å². The zero-order valence-electron chi connectivity index (χ0n) is 13.0. The van der Waals surface area contributed by atoms with Crippen molar-refractivity contribution in [1.29, 1.82) is 0 Å². The Bertz CT molecular complexity index is 244. The normalized spacial score (nSPS) is 12.1. The van der Waals surface area contributed by atoms with E-state index in [2.05, 4.69) is 4.90 Å². The first-order chi connectivity index (χ1) is 8.97. The van der Waals surface area contributed by atoms with Crippen molar-refractivity contribution in [1.82, 2.24) is 4.90 Å². The number of hydrogen-bond acceptors (Lipinski definition) is 5. The SMILES string of the molecule is COCCCN(CCOC)CCC(=O)C(C)(C)OC. The summed E-state index contributed by atoms with van der Waals surface area (Å²) in [5.74, 6) is 0.129. The highest BCUT2D eigenvalue weighted by molar-refractivity contribution is 5.86. The Labute approximate surface area is 117 Å². The van der Waals surface area contributed by atoms with Crippen LogP contribution in [0.25, 0.3) is 0 Å². The predicted octanol–water partition coefficient (Wildman–Crippen LogP) is 1.36. The van der Waals surface area contributed by atoms with Crippen LogP contribution in [0.4, 0.5) is 0 Å². The zero-order chi connectivity index (χ0) is 14.7. The van der Waals surface area contributed by atoms with Crippen molar-refractivity contribution >= 4 is 5.78 Å². The lowest BCUT2D eigenvalue weighted by molar-refractivity contribution is -0.137. The van der Waals surface area contributed by atoms with Crippen molar-refractivity contribution in [2.45, 2.75) is 32.3 Å². The van der Waals surface area contributed by atoms with Gasteiger partial charge in [0.25, 0.3) is 0 Å². The van der Waals surface area contributed by atoms with Crippen LogP contribution in [0.15, 0.2) is 0 Å². The van der Waals surface area contributed by atoms with Gasteiger partial charge in [0.15, 0.2) is 5.78 Å². The maximum atomic E-state index is 12.0. The number of ketones is 1. The minimum absolute atomic E-state index is 0.129. The van der Waals surface area contributed by atoms with Gasteiger partial charge in [-0.3, -0.25) is 4.79 Å². The van der Waals surface area contributed by atoms with Gasteiger partial charge in [0.05, 0.1) is 6.61 Å². The van der Waals surface area contributed by atoms with Crippen LogP contribution >= 0.6 is 0 Å². The molecule has 0 saturated heterocycles. The van der Waals surface area contributed by atoms with Crippen molar-refractivity contribution < 1.29 is 19.0 Å². The molecule has 0 fully saturated rings. The maximum Gasteiger partial charge on any atom is 0.165 e. The summed E-state index contributed by atoms with van der Waals surface area (Å²) in [4.78, 5) is 14.2. The van der Waals surface area contributed by atoms with E-state index >= 15 is 0 Å². The fourth-order valence-corrected chi connectivity index (χ4v) is 1.66. The highest BCUT2D eigenvalue weighted by Crippen LogP contribution is 2.11. The van der Waals surface area contributed by atoms with Crippen LogP contribution in [0.5, 0.6) is 0 Å². The number of methoxy groups -OCH3 is 3. The number of carbonyl (C=O) groups excluding carboxylic acids is 1. The summed E-state index contributed by atoms with van der Waals surface area (Å²) in [7, 11) is 4.95. The molecule has 0 aromatic rings. The third-order valence-corrected chi connectivity index (χ3v) is 3.27. The third-order valence-electron chi connectivity index (χ3n) is 3.27. The molecule has 0 heterocycles. The molecule has 0 saturated carbocycles. The molecular formula is C14H29NO4. The van der Waals surface area contributed by atoms with Crippen LogP contribution < -0.4 is 0 Å². The van der Waals surface area contributed by atoms with Crippen LogP contribution in [0.2, 0.25) is 0 Å². The van der Waals surface area contributed by atoms with Crippen LogP contribution in [0.3, 0.4) is 0 Å². The van der Waals surface area contributed by atoms with Crippen molar-refractivity contribution in [3.63, 3.8) is 0 Å². The van der Waals surface area contributed by atoms with Gasteiger partial charge < -0.3 is 19.1 Å². The highest BCUT2D eigenvalue weighted by Gasteiger charge is 2.26.